The highest BCUT2D eigenvalue weighted by atomic mass is 16.3. The highest BCUT2D eigenvalue weighted by Gasteiger charge is 2.28. The second-order valence-electron chi connectivity index (χ2n) is 8.82. The van der Waals surface area contributed by atoms with E-state index in [2.05, 4.69) is 15.3 Å². The van der Waals surface area contributed by atoms with E-state index in [4.69, 9.17) is 4.42 Å². The molecule has 4 rings (SSSR count). The average Bonchev–Trinajstić information content (AvgIpc) is 3.48. The smallest absolute Gasteiger partial charge is 0.291 e. The molecule has 0 radical (unpaired) electrons. The van der Waals surface area contributed by atoms with Gasteiger partial charge in [-0.05, 0) is 43.2 Å². The van der Waals surface area contributed by atoms with Crippen LogP contribution in [0.5, 0.6) is 0 Å². The first-order chi connectivity index (χ1) is 15.5. The van der Waals surface area contributed by atoms with Gasteiger partial charge < -0.3 is 19.0 Å². The molecule has 0 aliphatic carbocycles. The van der Waals surface area contributed by atoms with Crippen molar-refractivity contribution in [1.29, 1.82) is 0 Å². The first-order valence-electron chi connectivity index (χ1n) is 11.5. The Morgan fingerprint density at radius 1 is 1.19 bits per heavy atom. The van der Waals surface area contributed by atoms with E-state index in [-0.39, 0.29) is 17.7 Å². The number of oxazole rings is 1. The first-order valence-corrected chi connectivity index (χ1v) is 11.5. The molecule has 1 fully saturated rings. The van der Waals surface area contributed by atoms with Crippen molar-refractivity contribution >= 4 is 17.5 Å². The number of rotatable bonds is 8. The van der Waals surface area contributed by atoms with Gasteiger partial charge in [0.2, 0.25) is 5.76 Å². The fourth-order valence-corrected chi connectivity index (χ4v) is 4.31. The molecule has 0 unspecified atom stereocenters. The van der Waals surface area contributed by atoms with Gasteiger partial charge in [-0.1, -0.05) is 26.7 Å². The number of unbranched alkanes of at least 4 members (excludes halogenated alkanes) is 1. The Hall–Kier alpha value is -3.16. The highest BCUT2D eigenvalue weighted by Crippen LogP contribution is 2.25. The maximum atomic E-state index is 12.8. The first kappa shape index (κ1) is 22.0. The molecule has 0 saturated carbocycles. The van der Waals surface area contributed by atoms with Crippen molar-refractivity contribution in [2.75, 3.05) is 19.6 Å². The lowest BCUT2D eigenvalue weighted by molar-refractivity contribution is 0.0651. The molecule has 4 heterocycles. The molecule has 2 amide bonds. The molecule has 8 heteroatoms. The summed E-state index contributed by atoms with van der Waals surface area (Å²) in [6.45, 7) is 6.22. The normalized spacial score (nSPS) is 14.9. The van der Waals surface area contributed by atoms with Crippen LogP contribution in [0, 0.1) is 5.92 Å². The Morgan fingerprint density at radius 3 is 2.78 bits per heavy atom. The van der Waals surface area contributed by atoms with Gasteiger partial charge in [0.1, 0.15) is 5.65 Å². The van der Waals surface area contributed by atoms with Crippen LogP contribution in [0.25, 0.3) is 5.65 Å². The van der Waals surface area contributed by atoms with E-state index in [1.807, 2.05) is 35.4 Å². The van der Waals surface area contributed by atoms with Crippen LogP contribution in [0.3, 0.4) is 0 Å². The third-order valence-corrected chi connectivity index (χ3v) is 6.21. The largest absolute Gasteiger partial charge is 0.438 e. The molecule has 1 aliphatic heterocycles. The quantitative estimate of drug-likeness (QED) is 0.540. The second-order valence-corrected chi connectivity index (χ2v) is 8.82. The monoisotopic (exact) mass is 437 g/mol. The predicted molar refractivity (Wildman–Crippen MR) is 121 cm³/mol. The third kappa shape index (κ3) is 5.00. The van der Waals surface area contributed by atoms with E-state index in [0.29, 0.717) is 23.8 Å². The number of nitrogens with zero attached hydrogens (tertiary/aromatic N) is 4. The van der Waals surface area contributed by atoms with Gasteiger partial charge >= 0.3 is 0 Å². The summed E-state index contributed by atoms with van der Waals surface area (Å²) < 4.78 is 7.23. The number of imidazole rings is 1. The summed E-state index contributed by atoms with van der Waals surface area (Å²) in [7, 11) is 0. The number of nitrogens with one attached hydrogen (secondary N) is 1. The SMILES string of the molecule is CC(C)c1ncoc1C(=O)N1CCC(CCCCNC(=O)c2ccc3nccn3c2)CC1. The number of hydrogen-bond acceptors (Lipinski definition) is 5. The van der Waals surface area contributed by atoms with Gasteiger partial charge in [0.05, 0.1) is 11.3 Å². The number of fused-ring (bicyclic) bond motifs is 1. The number of likely N-dealkylation sites (tertiary alicyclic amines) is 1. The molecular weight excluding hydrogens is 406 g/mol. The van der Waals surface area contributed by atoms with Crippen molar-refractivity contribution < 1.29 is 14.0 Å². The van der Waals surface area contributed by atoms with Crippen LogP contribution in [-0.4, -0.2) is 50.7 Å². The van der Waals surface area contributed by atoms with Gasteiger partial charge in [-0.25, -0.2) is 9.97 Å². The Labute approximate surface area is 188 Å². The summed E-state index contributed by atoms with van der Waals surface area (Å²) in [5, 5.41) is 3.00. The molecule has 1 saturated heterocycles. The van der Waals surface area contributed by atoms with Crippen LogP contribution in [-0.2, 0) is 0 Å². The Kier molecular flexibility index (Phi) is 6.87. The number of aromatic nitrogens is 3. The van der Waals surface area contributed by atoms with Crippen molar-refractivity contribution in [2.24, 2.45) is 5.92 Å². The Balaban J connectivity index is 1.14. The molecule has 1 N–H and O–H groups in total. The molecule has 1 aliphatic rings. The molecule has 0 spiro atoms. The minimum atomic E-state index is -0.0550. The molecule has 3 aromatic heterocycles. The van der Waals surface area contributed by atoms with Gasteiger partial charge in [-0.2, -0.15) is 0 Å². The lowest BCUT2D eigenvalue weighted by Crippen LogP contribution is -2.38. The van der Waals surface area contributed by atoms with Gasteiger partial charge in [0.15, 0.2) is 6.39 Å². The van der Waals surface area contributed by atoms with Crippen LogP contribution in [0.2, 0.25) is 0 Å². The fourth-order valence-electron chi connectivity index (χ4n) is 4.31. The van der Waals surface area contributed by atoms with E-state index in [0.717, 1.165) is 56.5 Å². The third-order valence-electron chi connectivity index (χ3n) is 6.21. The highest BCUT2D eigenvalue weighted by molar-refractivity contribution is 5.94. The zero-order valence-corrected chi connectivity index (χ0v) is 18.8. The standard InChI is InChI=1S/C24H31N5O3/c1-17(2)21-22(32-16-27-21)24(31)28-12-8-18(9-13-28)5-3-4-10-26-23(30)19-6-7-20-25-11-14-29(20)15-19/h6-7,11,14-18H,3-5,8-10,12-13H2,1-2H3,(H,26,30). The molecule has 170 valence electrons. The van der Waals surface area contributed by atoms with Gasteiger partial charge in [-0.15, -0.1) is 0 Å². The van der Waals surface area contributed by atoms with E-state index >= 15 is 0 Å². The number of carbonyl (C=O) groups excluding carboxylic acids is 2. The zero-order chi connectivity index (χ0) is 22.5. The fraction of sp³-hybridized carbons (Fsp3) is 0.500. The van der Waals surface area contributed by atoms with E-state index in [1.54, 1.807) is 18.5 Å². The number of carbonyl (C=O) groups is 2. The summed E-state index contributed by atoms with van der Waals surface area (Å²) in [5.74, 6) is 1.08. The minimum Gasteiger partial charge on any atom is -0.438 e. The zero-order valence-electron chi connectivity index (χ0n) is 18.8. The Morgan fingerprint density at radius 2 is 2.00 bits per heavy atom. The number of pyridine rings is 1. The van der Waals surface area contributed by atoms with Gasteiger partial charge in [0, 0.05) is 38.2 Å². The maximum absolute atomic E-state index is 12.8. The van der Waals surface area contributed by atoms with Crippen molar-refractivity contribution in [3.05, 3.63) is 54.1 Å². The molecule has 0 atom stereocenters. The van der Waals surface area contributed by atoms with Gasteiger partial charge in [-0.3, -0.25) is 9.59 Å². The van der Waals surface area contributed by atoms with Crippen molar-refractivity contribution in [1.82, 2.24) is 24.6 Å². The summed E-state index contributed by atoms with van der Waals surface area (Å²) in [6, 6.07) is 3.65. The van der Waals surface area contributed by atoms with Crippen molar-refractivity contribution in [2.45, 2.75) is 51.9 Å². The van der Waals surface area contributed by atoms with E-state index in [9.17, 15) is 9.59 Å². The summed E-state index contributed by atoms with van der Waals surface area (Å²) >= 11 is 0. The van der Waals surface area contributed by atoms with Crippen LogP contribution in [0.4, 0.5) is 0 Å². The maximum Gasteiger partial charge on any atom is 0.291 e. The molecule has 0 aromatic carbocycles. The van der Waals surface area contributed by atoms with E-state index < -0.39 is 0 Å². The number of piperidine rings is 1. The number of hydrogen-bond donors (Lipinski definition) is 1. The lowest BCUT2D eigenvalue weighted by atomic mass is 9.91. The van der Waals surface area contributed by atoms with Crippen LogP contribution >= 0.6 is 0 Å². The van der Waals surface area contributed by atoms with Crippen LogP contribution in [0.15, 0.2) is 41.5 Å². The van der Waals surface area contributed by atoms with Gasteiger partial charge in [0.25, 0.3) is 11.8 Å². The summed E-state index contributed by atoms with van der Waals surface area (Å²) in [5.41, 5.74) is 2.21. The molecule has 8 nitrogen and oxygen atoms in total. The minimum absolute atomic E-state index is 0.0405. The molecule has 3 aromatic rings. The Bertz CT molecular complexity index is 1060. The van der Waals surface area contributed by atoms with Crippen LogP contribution < -0.4 is 5.32 Å². The van der Waals surface area contributed by atoms with E-state index in [1.165, 1.54) is 6.39 Å². The van der Waals surface area contributed by atoms with Crippen molar-refractivity contribution in [3.63, 3.8) is 0 Å². The molecule has 0 bridgehead atoms. The number of amides is 2. The topological polar surface area (TPSA) is 92.7 Å². The predicted octanol–water partition coefficient (Wildman–Crippen LogP) is 3.90. The summed E-state index contributed by atoms with van der Waals surface area (Å²) in [4.78, 5) is 35.4. The molecule has 32 heavy (non-hydrogen) atoms. The van der Waals surface area contributed by atoms with Crippen molar-refractivity contribution in [3.8, 4) is 0 Å². The molecular formula is C24H31N5O3. The second kappa shape index (κ2) is 9.97. The lowest BCUT2D eigenvalue weighted by Gasteiger charge is -2.31. The average molecular weight is 438 g/mol. The van der Waals surface area contributed by atoms with Crippen LogP contribution in [0.1, 0.15) is 78.5 Å². The summed E-state index contributed by atoms with van der Waals surface area (Å²) in [6.07, 6.45) is 11.9.